The molecule has 0 saturated heterocycles. The number of hydrogen-bond donors (Lipinski definition) is 2. The molecule has 0 radical (unpaired) electrons. The molecule has 0 saturated carbocycles. The molecule has 6 heteroatoms. The maximum atomic E-state index is 13.0. The quantitative estimate of drug-likeness (QED) is 0.538. The number of aromatic nitrogens is 2. The standard InChI is InChI=1S/C25H25N5O/c1-29-22-7-3-6-20(24(22)25(27)28-29)18-8-9-21-19(14-18)10-11-30(21)23(31)13-16-4-2-5-17(12-16)15-26/h2-9,12,14H,10-11,13,15,26H2,1H3,(H2,27,28). The molecule has 0 aliphatic carbocycles. The topological polar surface area (TPSA) is 90.2 Å². The largest absolute Gasteiger partial charge is 0.382 e. The molecule has 1 aliphatic rings. The molecule has 5 rings (SSSR count). The summed E-state index contributed by atoms with van der Waals surface area (Å²) in [5.74, 6) is 0.643. The van der Waals surface area contributed by atoms with Crippen molar-refractivity contribution in [1.29, 1.82) is 0 Å². The first kappa shape index (κ1) is 19.3. The average Bonchev–Trinajstić information content (AvgIpc) is 3.34. The highest BCUT2D eigenvalue weighted by Gasteiger charge is 2.25. The SMILES string of the molecule is Cn1nc(N)c2c(-c3ccc4c(c3)CCN4C(=O)Cc3cccc(CN)c3)cccc21. The van der Waals surface area contributed by atoms with E-state index in [2.05, 4.69) is 29.4 Å². The molecule has 156 valence electrons. The molecule has 0 atom stereocenters. The van der Waals surface area contributed by atoms with E-state index in [1.807, 2.05) is 53.0 Å². The van der Waals surface area contributed by atoms with Crippen molar-refractivity contribution in [2.45, 2.75) is 19.4 Å². The van der Waals surface area contributed by atoms with Gasteiger partial charge < -0.3 is 16.4 Å². The van der Waals surface area contributed by atoms with Gasteiger partial charge in [-0.05, 0) is 52.4 Å². The van der Waals surface area contributed by atoms with E-state index in [1.54, 1.807) is 0 Å². The third-order valence-electron chi connectivity index (χ3n) is 6.07. The van der Waals surface area contributed by atoms with Crippen molar-refractivity contribution in [3.05, 3.63) is 77.4 Å². The smallest absolute Gasteiger partial charge is 0.231 e. The van der Waals surface area contributed by atoms with Gasteiger partial charge in [0.25, 0.3) is 0 Å². The minimum atomic E-state index is 0.110. The van der Waals surface area contributed by atoms with E-state index in [-0.39, 0.29) is 5.91 Å². The van der Waals surface area contributed by atoms with Gasteiger partial charge in [-0.25, -0.2) is 0 Å². The third kappa shape index (κ3) is 3.35. The van der Waals surface area contributed by atoms with Crippen LogP contribution in [0.15, 0.2) is 60.7 Å². The first-order valence-electron chi connectivity index (χ1n) is 10.5. The third-order valence-corrected chi connectivity index (χ3v) is 6.07. The number of anilines is 2. The Kier molecular flexibility index (Phi) is 4.71. The summed E-state index contributed by atoms with van der Waals surface area (Å²) in [6, 6.07) is 20.4. The number of nitrogen functional groups attached to an aromatic ring is 1. The summed E-state index contributed by atoms with van der Waals surface area (Å²) < 4.78 is 1.81. The molecule has 2 heterocycles. The van der Waals surface area contributed by atoms with Gasteiger partial charge in [0.15, 0.2) is 5.82 Å². The number of rotatable bonds is 4. The second-order valence-electron chi connectivity index (χ2n) is 8.05. The lowest BCUT2D eigenvalue weighted by Crippen LogP contribution is -2.30. The molecule has 4 N–H and O–H groups in total. The van der Waals surface area contributed by atoms with Crippen LogP contribution in [0.5, 0.6) is 0 Å². The van der Waals surface area contributed by atoms with Gasteiger partial charge in [-0.3, -0.25) is 9.48 Å². The summed E-state index contributed by atoms with van der Waals surface area (Å²) in [4.78, 5) is 14.9. The van der Waals surface area contributed by atoms with Gasteiger partial charge in [0, 0.05) is 25.8 Å². The zero-order chi connectivity index (χ0) is 21.5. The van der Waals surface area contributed by atoms with Gasteiger partial charge in [-0.2, -0.15) is 5.10 Å². The summed E-state index contributed by atoms with van der Waals surface area (Å²) in [5, 5.41) is 5.34. The summed E-state index contributed by atoms with van der Waals surface area (Å²) in [7, 11) is 1.90. The Bertz CT molecular complexity index is 1310. The molecule has 6 nitrogen and oxygen atoms in total. The van der Waals surface area contributed by atoms with Crippen LogP contribution in [0.25, 0.3) is 22.0 Å². The maximum absolute atomic E-state index is 13.0. The van der Waals surface area contributed by atoms with Gasteiger partial charge in [-0.15, -0.1) is 0 Å². The van der Waals surface area contributed by atoms with Crippen molar-refractivity contribution in [3.63, 3.8) is 0 Å². The maximum Gasteiger partial charge on any atom is 0.231 e. The Morgan fingerprint density at radius 3 is 2.71 bits per heavy atom. The van der Waals surface area contributed by atoms with Crippen LogP contribution < -0.4 is 16.4 Å². The van der Waals surface area contributed by atoms with Gasteiger partial charge >= 0.3 is 0 Å². The monoisotopic (exact) mass is 411 g/mol. The van der Waals surface area contributed by atoms with Crippen LogP contribution in [0.2, 0.25) is 0 Å². The lowest BCUT2D eigenvalue weighted by molar-refractivity contribution is -0.117. The number of nitrogens with zero attached hydrogens (tertiary/aromatic N) is 3. The fourth-order valence-electron chi connectivity index (χ4n) is 4.55. The number of hydrogen-bond acceptors (Lipinski definition) is 4. The zero-order valence-corrected chi connectivity index (χ0v) is 17.5. The van der Waals surface area contributed by atoms with Gasteiger partial charge in [0.2, 0.25) is 5.91 Å². The molecule has 4 aromatic rings. The molecule has 0 fully saturated rings. The Hall–Kier alpha value is -3.64. The van der Waals surface area contributed by atoms with E-state index in [4.69, 9.17) is 11.5 Å². The van der Waals surface area contributed by atoms with Crippen LogP contribution in [-0.4, -0.2) is 22.2 Å². The van der Waals surface area contributed by atoms with E-state index in [0.717, 1.165) is 45.3 Å². The fraction of sp³-hybridized carbons (Fsp3) is 0.200. The number of benzene rings is 3. The average molecular weight is 412 g/mol. The summed E-state index contributed by atoms with van der Waals surface area (Å²) in [6.07, 6.45) is 1.22. The zero-order valence-electron chi connectivity index (χ0n) is 17.5. The van der Waals surface area contributed by atoms with E-state index < -0.39 is 0 Å². The van der Waals surface area contributed by atoms with Crippen molar-refractivity contribution < 1.29 is 4.79 Å². The molecule has 0 unspecified atom stereocenters. The van der Waals surface area contributed by atoms with Crippen molar-refractivity contribution in [2.75, 3.05) is 17.2 Å². The Morgan fingerprint density at radius 2 is 1.87 bits per heavy atom. The van der Waals surface area contributed by atoms with Crippen molar-refractivity contribution in [1.82, 2.24) is 9.78 Å². The van der Waals surface area contributed by atoms with Crippen LogP contribution in [0.4, 0.5) is 11.5 Å². The minimum absolute atomic E-state index is 0.110. The number of carbonyl (C=O) groups is 1. The van der Waals surface area contributed by atoms with Gasteiger partial charge in [0.1, 0.15) is 0 Å². The Morgan fingerprint density at radius 1 is 1.06 bits per heavy atom. The Labute approximate surface area is 181 Å². The van der Waals surface area contributed by atoms with E-state index >= 15 is 0 Å². The predicted molar refractivity (Wildman–Crippen MR) is 125 cm³/mol. The normalized spacial score (nSPS) is 13.0. The number of fused-ring (bicyclic) bond motifs is 2. The lowest BCUT2D eigenvalue weighted by Gasteiger charge is -2.18. The van der Waals surface area contributed by atoms with Crippen LogP contribution in [0.1, 0.15) is 16.7 Å². The van der Waals surface area contributed by atoms with Gasteiger partial charge in [0.05, 0.1) is 17.3 Å². The fourth-order valence-corrected chi connectivity index (χ4v) is 4.55. The van der Waals surface area contributed by atoms with Gasteiger partial charge in [-0.1, -0.05) is 42.5 Å². The van der Waals surface area contributed by atoms with Crippen molar-refractivity contribution >= 4 is 28.3 Å². The molecule has 31 heavy (non-hydrogen) atoms. The van der Waals surface area contributed by atoms with E-state index in [0.29, 0.717) is 25.3 Å². The van der Waals surface area contributed by atoms with Crippen LogP contribution >= 0.6 is 0 Å². The second-order valence-corrected chi connectivity index (χ2v) is 8.05. The first-order valence-corrected chi connectivity index (χ1v) is 10.5. The highest BCUT2D eigenvalue weighted by atomic mass is 16.2. The molecule has 3 aromatic carbocycles. The van der Waals surface area contributed by atoms with Crippen molar-refractivity contribution in [2.24, 2.45) is 12.8 Å². The molecular weight excluding hydrogens is 386 g/mol. The summed E-state index contributed by atoms with van der Waals surface area (Å²) in [6.45, 7) is 1.18. The lowest BCUT2D eigenvalue weighted by atomic mass is 9.98. The number of amides is 1. The number of nitrogens with two attached hydrogens (primary N) is 2. The number of aryl methyl sites for hydroxylation is 1. The molecule has 0 spiro atoms. The molecular formula is C25H25N5O. The van der Waals surface area contributed by atoms with Crippen LogP contribution in [-0.2, 0) is 31.2 Å². The minimum Gasteiger partial charge on any atom is -0.382 e. The first-order chi connectivity index (χ1) is 15.0. The molecule has 1 aromatic heterocycles. The highest BCUT2D eigenvalue weighted by molar-refractivity contribution is 6.03. The molecule has 1 aliphatic heterocycles. The van der Waals surface area contributed by atoms with Crippen LogP contribution in [0.3, 0.4) is 0 Å². The van der Waals surface area contributed by atoms with Crippen LogP contribution in [0, 0.1) is 0 Å². The second kappa shape index (κ2) is 7.56. The summed E-state index contributed by atoms with van der Waals surface area (Å²) >= 11 is 0. The van der Waals surface area contributed by atoms with E-state index in [9.17, 15) is 4.79 Å². The van der Waals surface area contributed by atoms with Crippen molar-refractivity contribution in [3.8, 4) is 11.1 Å². The number of carbonyl (C=O) groups excluding carboxylic acids is 1. The molecule has 1 amide bonds. The van der Waals surface area contributed by atoms with E-state index in [1.165, 1.54) is 5.56 Å². The Balaban J connectivity index is 1.45. The summed E-state index contributed by atoms with van der Waals surface area (Å²) in [5.41, 5.74) is 19.3. The molecule has 0 bridgehead atoms. The predicted octanol–water partition coefficient (Wildman–Crippen LogP) is 3.41. The highest BCUT2D eigenvalue weighted by Crippen LogP contribution is 2.37.